The Labute approximate surface area is 129 Å². The molecule has 0 aliphatic carbocycles. The summed E-state index contributed by atoms with van der Waals surface area (Å²) in [6, 6.07) is 8.52. The van der Waals surface area contributed by atoms with E-state index in [0.717, 1.165) is 16.7 Å². The van der Waals surface area contributed by atoms with Gasteiger partial charge in [0.1, 0.15) is 18.5 Å². The number of hydrogen-bond donors (Lipinski definition) is 2. The number of thioether (sulfide) groups is 1. The summed E-state index contributed by atoms with van der Waals surface area (Å²) < 4.78 is 5.80. The molecule has 0 radical (unpaired) electrons. The molecule has 1 aromatic heterocycles. The predicted molar refractivity (Wildman–Crippen MR) is 88.2 cm³/mol. The molecule has 2 heterocycles. The predicted octanol–water partition coefficient (Wildman–Crippen LogP) is 2.34. The van der Waals surface area contributed by atoms with Crippen LogP contribution in [0.3, 0.4) is 0 Å². The lowest BCUT2D eigenvalue weighted by molar-refractivity contribution is 0.0670. The SMILES string of the molecule is CN(C[C@@H](O)COc1cccc2[nH]ccc12)[C@H]1CCSC1. The lowest BCUT2D eigenvalue weighted by Gasteiger charge is -2.26. The second-order valence-corrected chi connectivity index (χ2v) is 6.77. The Balaban J connectivity index is 1.53. The largest absolute Gasteiger partial charge is 0.490 e. The molecule has 2 N–H and O–H groups in total. The number of fused-ring (bicyclic) bond motifs is 1. The summed E-state index contributed by atoms with van der Waals surface area (Å²) in [5.41, 5.74) is 1.06. The first-order valence-electron chi connectivity index (χ1n) is 7.39. The van der Waals surface area contributed by atoms with E-state index < -0.39 is 6.10 Å². The molecule has 2 aromatic rings. The van der Waals surface area contributed by atoms with Crippen molar-refractivity contribution in [1.82, 2.24) is 9.88 Å². The van der Waals surface area contributed by atoms with Gasteiger partial charge in [0.25, 0.3) is 0 Å². The highest BCUT2D eigenvalue weighted by Gasteiger charge is 2.22. The third-order valence-electron chi connectivity index (χ3n) is 4.01. The fraction of sp³-hybridized carbons (Fsp3) is 0.500. The van der Waals surface area contributed by atoms with Gasteiger partial charge in [0.15, 0.2) is 0 Å². The van der Waals surface area contributed by atoms with E-state index in [0.29, 0.717) is 19.2 Å². The minimum absolute atomic E-state index is 0.328. The molecule has 1 aromatic carbocycles. The Morgan fingerprint density at radius 2 is 2.38 bits per heavy atom. The van der Waals surface area contributed by atoms with Crippen molar-refractivity contribution in [3.8, 4) is 5.75 Å². The van der Waals surface area contributed by atoms with Crippen LogP contribution in [-0.2, 0) is 0 Å². The maximum Gasteiger partial charge on any atom is 0.128 e. The van der Waals surface area contributed by atoms with Gasteiger partial charge < -0.3 is 14.8 Å². The average molecular weight is 306 g/mol. The minimum Gasteiger partial charge on any atom is -0.490 e. The highest BCUT2D eigenvalue weighted by molar-refractivity contribution is 7.99. The second-order valence-electron chi connectivity index (χ2n) is 5.62. The van der Waals surface area contributed by atoms with Gasteiger partial charge in [-0.2, -0.15) is 11.8 Å². The molecule has 21 heavy (non-hydrogen) atoms. The Hall–Kier alpha value is -1.17. The Morgan fingerprint density at radius 3 is 3.19 bits per heavy atom. The number of aliphatic hydroxyl groups is 1. The molecule has 0 bridgehead atoms. The van der Waals surface area contributed by atoms with E-state index in [1.54, 1.807) is 0 Å². The molecule has 2 atom stereocenters. The average Bonchev–Trinajstić information content (AvgIpc) is 3.15. The summed E-state index contributed by atoms with van der Waals surface area (Å²) in [5.74, 6) is 3.23. The van der Waals surface area contributed by atoms with E-state index in [-0.39, 0.29) is 0 Å². The smallest absolute Gasteiger partial charge is 0.128 e. The number of ether oxygens (including phenoxy) is 1. The van der Waals surface area contributed by atoms with Crippen LogP contribution in [0, 0.1) is 0 Å². The first kappa shape index (κ1) is 14.8. The number of H-pyrrole nitrogens is 1. The van der Waals surface area contributed by atoms with Gasteiger partial charge in [0.2, 0.25) is 0 Å². The molecule has 5 heteroatoms. The highest BCUT2D eigenvalue weighted by Crippen LogP contribution is 2.25. The Morgan fingerprint density at radius 1 is 1.48 bits per heavy atom. The van der Waals surface area contributed by atoms with Crippen LogP contribution >= 0.6 is 11.8 Å². The van der Waals surface area contributed by atoms with Crippen molar-refractivity contribution >= 4 is 22.7 Å². The summed E-state index contributed by atoms with van der Waals surface area (Å²) in [7, 11) is 2.09. The lowest BCUT2D eigenvalue weighted by atomic mass is 10.2. The molecule has 0 saturated carbocycles. The number of benzene rings is 1. The van der Waals surface area contributed by atoms with Crippen molar-refractivity contribution in [3.05, 3.63) is 30.5 Å². The molecule has 1 fully saturated rings. The molecule has 0 unspecified atom stereocenters. The second kappa shape index (κ2) is 6.73. The number of rotatable bonds is 6. The van der Waals surface area contributed by atoms with Crippen molar-refractivity contribution in [2.45, 2.75) is 18.6 Å². The maximum absolute atomic E-state index is 10.2. The molecule has 1 aliphatic rings. The van der Waals surface area contributed by atoms with Crippen molar-refractivity contribution < 1.29 is 9.84 Å². The number of aliphatic hydroxyl groups excluding tert-OH is 1. The molecule has 4 nitrogen and oxygen atoms in total. The molecule has 1 aliphatic heterocycles. The number of hydrogen-bond acceptors (Lipinski definition) is 4. The normalized spacial score (nSPS) is 20.2. The summed E-state index contributed by atoms with van der Waals surface area (Å²) in [6.45, 7) is 0.989. The van der Waals surface area contributed by atoms with Crippen LogP contribution in [-0.4, -0.2) is 58.8 Å². The lowest BCUT2D eigenvalue weighted by Crippen LogP contribution is -2.39. The van der Waals surface area contributed by atoms with Gasteiger partial charge in [-0.3, -0.25) is 4.90 Å². The van der Waals surface area contributed by atoms with Crippen LogP contribution in [0.4, 0.5) is 0 Å². The van der Waals surface area contributed by atoms with Crippen LogP contribution in [0.1, 0.15) is 6.42 Å². The molecule has 0 spiro atoms. The monoisotopic (exact) mass is 306 g/mol. The fourth-order valence-corrected chi connectivity index (χ4v) is 4.07. The van der Waals surface area contributed by atoms with E-state index in [4.69, 9.17) is 4.74 Å². The maximum atomic E-state index is 10.2. The molecule has 1 saturated heterocycles. The van der Waals surface area contributed by atoms with Crippen LogP contribution in [0.5, 0.6) is 5.75 Å². The number of nitrogens with zero attached hydrogens (tertiary/aromatic N) is 1. The quantitative estimate of drug-likeness (QED) is 0.860. The first-order chi connectivity index (χ1) is 10.2. The van der Waals surface area contributed by atoms with Crippen molar-refractivity contribution in [2.75, 3.05) is 31.7 Å². The third-order valence-corrected chi connectivity index (χ3v) is 5.16. The van der Waals surface area contributed by atoms with E-state index in [1.807, 2.05) is 42.2 Å². The van der Waals surface area contributed by atoms with Crippen LogP contribution in [0.15, 0.2) is 30.5 Å². The zero-order valence-electron chi connectivity index (χ0n) is 12.3. The van der Waals surface area contributed by atoms with Gasteiger partial charge in [-0.05, 0) is 37.4 Å². The summed E-state index contributed by atoms with van der Waals surface area (Å²) in [4.78, 5) is 5.42. The number of aromatic nitrogens is 1. The molecule has 0 amide bonds. The summed E-state index contributed by atoms with van der Waals surface area (Å²) in [6.07, 6.45) is 2.66. The number of nitrogens with one attached hydrogen (secondary N) is 1. The molecular formula is C16H22N2O2S. The van der Waals surface area contributed by atoms with Crippen molar-refractivity contribution in [1.29, 1.82) is 0 Å². The zero-order chi connectivity index (χ0) is 14.7. The number of aromatic amines is 1. The summed E-state index contributed by atoms with van der Waals surface area (Å²) in [5, 5.41) is 11.2. The van der Waals surface area contributed by atoms with Gasteiger partial charge in [-0.25, -0.2) is 0 Å². The van der Waals surface area contributed by atoms with E-state index in [1.165, 1.54) is 17.9 Å². The van der Waals surface area contributed by atoms with E-state index >= 15 is 0 Å². The third kappa shape index (κ3) is 3.54. The fourth-order valence-electron chi connectivity index (χ4n) is 2.77. The van der Waals surface area contributed by atoms with E-state index in [9.17, 15) is 5.11 Å². The highest BCUT2D eigenvalue weighted by atomic mass is 32.2. The van der Waals surface area contributed by atoms with Crippen LogP contribution in [0.25, 0.3) is 10.9 Å². The van der Waals surface area contributed by atoms with E-state index in [2.05, 4.69) is 16.9 Å². The standard InChI is InChI=1S/C16H22N2O2S/c1-18(12-6-8-21-11-12)9-13(19)10-20-16-4-2-3-15-14(16)5-7-17-15/h2-5,7,12-13,17,19H,6,8-11H2,1H3/t12-,13+/m0/s1. The Kier molecular flexibility index (Phi) is 4.73. The first-order valence-corrected chi connectivity index (χ1v) is 8.54. The van der Waals surface area contributed by atoms with Gasteiger partial charge >= 0.3 is 0 Å². The molecule has 114 valence electrons. The minimum atomic E-state index is -0.463. The topological polar surface area (TPSA) is 48.5 Å². The van der Waals surface area contributed by atoms with Crippen molar-refractivity contribution in [2.24, 2.45) is 0 Å². The van der Waals surface area contributed by atoms with Gasteiger partial charge in [-0.15, -0.1) is 0 Å². The van der Waals surface area contributed by atoms with Gasteiger partial charge in [-0.1, -0.05) is 6.07 Å². The Bertz CT molecular complexity index is 580. The summed E-state index contributed by atoms with van der Waals surface area (Å²) >= 11 is 1.99. The van der Waals surface area contributed by atoms with Gasteiger partial charge in [0, 0.05) is 35.4 Å². The molecular weight excluding hydrogens is 284 g/mol. The molecule has 3 rings (SSSR count). The van der Waals surface area contributed by atoms with Crippen LogP contribution in [0.2, 0.25) is 0 Å². The van der Waals surface area contributed by atoms with Crippen molar-refractivity contribution in [3.63, 3.8) is 0 Å². The van der Waals surface area contributed by atoms with Crippen LogP contribution < -0.4 is 4.74 Å². The van der Waals surface area contributed by atoms with Gasteiger partial charge in [0.05, 0.1) is 0 Å². The zero-order valence-corrected chi connectivity index (χ0v) is 13.1. The number of likely N-dealkylation sites (N-methyl/N-ethyl adjacent to an activating group) is 1.